The Hall–Kier alpha value is -1.60. The van der Waals surface area contributed by atoms with E-state index in [1.54, 1.807) is 0 Å². The summed E-state index contributed by atoms with van der Waals surface area (Å²) in [5.41, 5.74) is 2.00. The number of aromatic nitrogens is 2. The molecule has 1 amide bonds. The highest BCUT2D eigenvalue weighted by molar-refractivity contribution is 8.01. The van der Waals surface area contributed by atoms with E-state index in [2.05, 4.69) is 20.8 Å². The lowest BCUT2D eigenvalue weighted by Gasteiger charge is -2.21. The van der Waals surface area contributed by atoms with Gasteiger partial charge in [-0.2, -0.15) is 0 Å². The van der Waals surface area contributed by atoms with E-state index >= 15 is 0 Å². The minimum absolute atomic E-state index is 0.0270. The zero-order valence-corrected chi connectivity index (χ0v) is 15.4. The maximum absolute atomic E-state index is 12.0. The SMILES string of the molecule is Cc1ccc(NC(=O)CSc2nnc(NC3CCCCC3)s2)cc1. The summed E-state index contributed by atoms with van der Waals surface area (Å²) in [6, 6.07) is 8.31. The van der Waals surface area contributed by atoms with Crippen molar-refractivity contribution in [2.75, 3.05) is 16.4 Å². The number of aryl methyl sites for hydroxylation is 1. The Kier molecular flexibility index (Phi) is 6.09. The first-order valence-electron chi connectivity index (χ1n) is 8.28. The van der Waals surface area contributed by atoms with Gasteiger partial charge >= 0.3 is 0 Å². The van der Waals surface area contributed by atoms with Crippen LogP contribution in [0.25, 0.3) is 0 Å². The molecule has 0 saturated heterocycles. The summed E-state index contributed by atoms with van der Waals surface area (Å²) in [5.74, 6) is 0.312. The smallest absolute Gasteiger partial charge is 0.234 e. The molecule has 3 rings (SSSR count). The van der Waals surface area contributed by atoms with Crippen molar-refractivity contribution in [2.24, 2.45) is 0 Å². The van der Waals surface area contributed by atoms with Crippen molar-refractivity contribution in [3.05, 3.63) is 29.8 Å². The van der Waals surface area contributed by atoms with E-state index in [9.17, 15) is 4.79 Å². The van der Waals surface area contributed by atoms with Gasteiger partial charge in [0, 0.05) is 11.7 Å². The van der Waals surface area contributed by atoms with Crippen LogP contribution in [0.15, 0.2) is 28.6 Å². The number of amides is 1. The van der Waals surface area contributed by atoms with Crippen molar-refractivity contribution in [2.45, 2.75) is 49.4 Å². The zero-order chi connectivity index (χ0) is 16.8. The maximum atomic E-state index is 12.0. The lowest BCUT2D eigenvalue weighted by atomic mass is 9.96. The topological polar surface area (TPSA) is 66.9 Å². The molecule has 24 heavy (non-hydrogen) atoms. The van der Waals surface area contributed by atoms with Gasteiger partial charge in [0.25, 0.3) is 0 Å². The average molecular weight is 363 g/mol. The van der Waals surface area contributed by atoms with Crippen LogP contribution in [0.5, 0.6) is 0 Å². The average Bonchev–Trinajstić information content (AvgIpc) is 3.03. The number of rotatable bonds is 6. The second-order valence-electron chi connectivity index (χ2n) is 6.06. The third kappa shape index (κ3) is 5.21. The van der Waals surface area contributed by atoms with Gasteiger partial charge in [-0.1, -0.05) is 60.1 Å². The third-order valence-electron chi connectivity index (χ3n) is 4.00. The number of nitrogens with one attached hydrogen (secondary N) is 2. The fourth-order valence-corrected chi connectivity index (χ4v) is 4.34. The number of nitrogens with zero attached hydrogens (tertiary/aromatic N) is 2. The Bertz CT molecular complexity index is 665. The number of anilines is 2. The molecule has 5 nitrogen and oxygen atoms in total. The highest BCUT2D eigenvalue weighted by Gasteiger charge is 2.15. The van der Waals surface area contributed by atoms with Gasteiger partial charge in [0.1, 0.15) is 0 Å². The fourth-order valence-electron chi connectivity index (χ4n) is 2.71. The van der Waals surface area contributed by atoms with Crippen LogP contribution in [0.1, 0.15) is 37.7 Å². The van der Waals surface area contributed by atoms with Crippen molar-refractivity contribution in [1.29, 1.82) is 0 Å². The number of thioether (sulfide) groups is 1. The summed E-state index contributed by atoms with van der Waals surface area (Å²) in [4.78, 5) is 12.0. The molecule has 1 heterocycles. The van der Waals surface area contributed by atoms with Gasteiger partial charge in [0.05, 0.1) is 5.75 Å². The first-order valence-corrected chi connectivity index (χ1v) is 10.1. The van der Waals surface area contributed by atoms with Gasteiger partial charge in [-0.05, 0) is 31.9 Å². The van der Waals surface area contributed by atoms with E-state index < -0.39 is 0 Å². The van der Waals surface area contributed by atoms with Crippen molar-refractivity contribution in [3.8, 4) is 0 Å². The number of carbonyl (C=O) groups excluding carboxylic acids is 1. The van der Waals surface area contributed by atoms with Crippen LogP contribution >= 0.6 is 23.1 Å². The Morgan fingerprint density at radius 2 is 1.96 bits per heavy atom. The van der Waals surface area contributed by atoms with Crippen molar-refractivity contribution in [3.63, 3.8) is 0 Å². The van der Waals surface area contributed by atoms with E-state index in [1.807, 2.05) is 31.2 Å². The van der Waals surface area contributed by atoms with Crippen molar-refractivity contribution >= 4 is 39.8 Å². The predicted molar refractivity (Wildman–Crippen MR) is 101 cm³/mol. The minimum atomic E-state index is -0.0270. The molecule has 0 spiro atoms. The largest absolute Gasteiger partial charge is 0.357 e. The van der Waals surface area contributed by atoms with Gasteiger partial charge < -0.3 is 10.6 Å². The van der Waals surface area contributed by atoms with Crippen LogP contribution in [0, 0.1) is 6.92 Å². The molecular formula is C17H22N4OS2. The molecule has 2 N–H and O–H groups in total. The monoisotopic (exact) mass is 362 g/mol. The number of hydrogen-bond donors (Lipinski definition) is 2. The van der Waals surface area contributed by atoms with Crippen LogP contribution in [-0.2, 0) is 4.79 Å². The second kappa shape index (κ2) is 8.48. The lowest BCUT2D eigenvalue weighted by Crippen LogP contribution is -2.21. The number of carbonyl (C=O) groups is 1. The number of hydrogen-bond acceptors (Lipinski definition) is 6. The zero-order valence-electron chi connectivity index (χ0n) is 13.7. The Morgan fingerprint density at radius 3 is 2.71 bits per heavy atom. The number of benzene rings is 1. The summed E-state index contributed by atoms with van der Waals surface area (Å²) >= 11 is 2.95. The molecule has 1 fully saturated rings. The Labute approximate surface area is 150 Å². The first-order chi connectivity index (χ1) is 11.7. The highest BCUT2D eigenvalue weighted by atomic mass is 32.2. The first kappa shape index (κ1) is 17.2. The summed E-state index contributed by atoms with van der Waals surface area (Å²) in [5, 5.41) is 15.6. The van der Waals surface area contributed by atoms with Crippen LogP contribution in [0.3, 0.4) is 0 Å². The minimum Gasteiger partial charge on any atom is -0.357 e. The van der Waals surface area contributed by atoms with Gasteiger partial charge in [0.15, 0.2) is 4.34 Å². The van der Waals surface area contributed by atoms with Crippen molar-refractivity contribution < 1.29 is 4.79 Å². The molecule has 1 aliphatic rings. The molecule has 0 unspecified atom stereocenters. The normalized spacial score (nSPS) is 15.2. The molecule has 7 heteroatoms. The molecule has 1 aliphatic carbocycles. The van der Waals surface area contributed by atoms with E-state index in [-0.39, 0.29) is 5.91 Å². The molecule has 1 aromatic heterocycles. The molecule has 0 aliphatic heterocycles. The third-order valence-corrected chi connectivity index (χ3v) is 5.99. The summed E-state index contributed by atoms with van der Waals surface area (Å²) < 4.78 is 0.826. The molecule has 128 valence electrons. The van der Waals surface area contributed by atoms with Crippen LogP contribution < -0.4 is 10.6 Å². The van der Waals surface area contributed by atoms with Crippen LogP contribution in [0.4, 0.5) is 10.8 Å². The summed E-state index contributed by atoms with van der Waals surface area (Å²) in [6.07, 6.45) is 6.34. The maximum Gasteiger partial charge on any atom is 0.234 e. The second-order valence-corrected chi connectivity index (χ2v) is 8.26. The molecular weight excluding hydrogens is 340 g/mol. The fraction of sp³-hybridized carbons (Fsp3) is 0.471. The summed E-state index contributed by atoms with van der Waals surface area (Å²) in [6.45, 7) is 2.02. The molecule has 0 bridgehead atoms. The molecule has 1 aromatic carbocycles. The molecule has 1 saturated carbocycles. The predicted octanol–water partition coefficient (Wildman–Crippen LogP) is 4.32. The Morgan fingerprint density at radius 1 is 1.21 bits per heavy atom. The molecule has 2 aromatic rings. The quantitative estimate of drug-likeness (QED) is 0.749. The van der Waals surface area contributed by atoms with Crippen LogP contribution in [0.2, 0.25) is 0 Å². The Balaban J connectivity index is 1.44. The lowest BCUT2D eigenvalue weighted by molar-refractivity contribution is -0.113. The standard InChI is InChI=1S/C17H22N4OS2/c1-12-7-9-14(10-8-12)18-15(22)11-23-17-21-20-16(24-17)19-13-5-3-2-4-6-13/h7-10,13H,2-6,11H2,1H3,(H,18,22)(H,19,20). The van der Waals surface area contributed by atoms with Gasteiger partial charge in [0.2, 0.25) is 11.0 Å². The van der Waals surface area contributed by atoms with Crippen LogP contribution in [-0.4, -0.2) is 27.9 Å². The van der Waals surface area contributed by atoms with E-state index in [1.165, 1.54) is 60.8 Å². The van der Waals surface area contributed by atoms with E-state index in [4.69, 9.17) is 0 Å². The highest BCUT2D eigenvalue weighted by Crippen LogP contribution is 2.28. The van der Waals surface area contributed by atoms with E-state index in [0.29, 0.717) is 11.8 Å². The van der Waals surface area contributed by atoms with E-state index in [0.717, 1.165) is 15.2 Å². The molecule has 0 radical (unpaired) electrons. The van der Waals surface area contributed by atoms with Gasteiger partial charge in [-0.15, -0.1) is 10.2 Å². The summed E-state index contributed by atoms with van der Waals surface area (Å²) in [7, 11) is 0. The van der Waals surface area contributed by atoms with Crippen molar-refractivity contribution in [1.82, 2.24) is 10.2 Å². The van der Waals surface area contributed by atoms with Gasteiger partial charge in [-0.3, -0.25) is 4.79 Å². The van der Waals surface area contributed by atoms with Gasteiger partial charge in [-0.25, -0.2) is 0 Å². The molecule has 0 atom stereocenters.